The minimum atomic E-state index is -0.0210. The maximum absolute atomic E-state index is 13.0. The molecule has 0 radical (unpaired) electrons. The molecule has 0 bridgehead atoms. The molecule has 0 spiro atoms. The quantitative estimate of drug-likeness (QED) is 0.0366. The van der Waals surface area contributed by atoms with Gasteiger partial charge in [-0.1, -0.05) is 165 Å². The summed E-state index contributed by atoms with van der Waals surface area (Å²) in [6.07, 6.45) is 37.2. The Morgan fingerprint density at radius 1 is 0.403 bits per heavy atom. The summed E-state index contributed by atoms with van der Waals surface area (Å²) in [5.41, 5.74) is 0. The summed E-state index contributed by atoms with van der Waals surface area (Å²) < 4.78 is 17.2. The first-order valence-electron chi connectivity index (χ1n) is 29.1. The van der Waals surface area contributed by atoms with Crippen LogP contribution in [-0.4, -0.2) is 75.9 Å². The van der Waals surface area contributed by atoms with Crippen molar-refractivity contribution < 1.29 is 28.6 Å². The smallest absolute Gasteiger partial charge is 0.306 e. The molecule has 0 aromatic rings. The third kappa shape index (κ3) is 45.2. The normalized spacial score (nSPS) is 13.3. The van der Waals surface area contributed by atoms with E-state index in [1.165, 1.54) is 116 Å². The van der Waals surface area contributed by atoms with Crippen molar-refractivity contribution in [3.63, 3.8) is 0 Å². The van der Waals surface area contributed by atoms with Crippen LogP contribution in [0.4, 0.5) is 0 Å². The molecule has 3 atom stereocenters. The highest BCUT2D eigenvalue weighted by Crippen LogP contribution is 2.27. The highest BCUT2D eigenvalue weighted by atomic mass is 16.5. The van der Waals surface area contributed by atoms with Crippen LogP contribution in [0.2, 0.25) is 0 Å². The molecular weight excluding hydrogens is 833 g/mol. The minimum Gasteiger partial charge on any atom is -0.466 e. The van der Waals surface area contributed by atoms with Crippen LogP contribution in [0.25, 0.3) is 0 Å². The van der Waals surface area contributed by atoms with Crippen LogP contribution in [0.5, 0.6) is 0 Å². The van der Waals surface area contributed by atoms with Gasteiger partial charge in [0.2, 0.25) is 0 Å². The standard InChI is InChI=1S/C59H116N2O6/c1-50(2)41-43-54(52(5)6)34-26-27-38-57(62)65-48-30-21-17-13-11-15-19-24-36-56(67-59(64)40-33-47-61(10)46-29-23-28-45-60-9)37-25-20-16-12-14-18-22-31-49-66-58(63)39-32-35-55(53(7)8)44-42-51(3)4/h50-56,60H,11-49H2,1-10H3. The number of hydrogen-bond acceptors (Lipinski definition) is 8. The predicted octanol–water partition coefficient (Wildman–Crippen LogP) is 16.3. The van der Waals surface area contributed by atoms with Crippen LogP contribution < -0.4 is 5.32 Å². The van der Waals surface area contributed by atoms with Gasteiger partial charge in [-0.3, -0.25) is 14.4 Å². The highest BCUT2D eigenvalue weighted by molar-refractivity contribution is 5.70. The van der Waals surface area contributed by atoms with Gasteiger partial charge in [-0.15, -0.1) is 0 Å². The second-order valence-electron chi connectivity index (χ2n) is 22.4. The fourth-order valence-corrected chi connectivity index (χ4v) is 9.46. The van der Waals surface area contributed by atoms with E-state index in [2.05, 4.69) is 72.7 Å². The number of unbranched alkanes of at least 4 members (excludes halogenated alkanes) is 17. The highest BCUT2D eigenvalue weighted by Gasteiger charge is 2.17. The van der Waals surface area contributed by atoms with Gasteiger partial charge in [0.05, 0.1) is 13.2 Å². The molecule has 0 aromatic heterocycles. The van der Waals surface area contributed by atoms with Crippen LogP contribution in [0, 0.1) is 35.5 Å². The lowest BCUT2D eigenvalue weighted by Crippen LogP contribution is -2.23. The van der Waals surface area contributed by atoms with E-state index in [-0.39, 0.29) is 24.0 Å². The van der Waals surface area contributed by atoms with Gasteiger partial charge >= 0.3 is 17.9 Å². The Balaban J connectivity index is 4.32. The van der Waals surface area contributed by atoms with E-state index in [1.54, 1.807) is 0 Å². The average molecular weight is 950 g/mol. The molecule has 8 nitrogen and oxygen atoms in total. The molecule has 0 fully saturated rings. The number of carbonyl (C=O) groups excluding carboxylic acids is 3. The summed E-state index contributed by atoms with van der Waals surface area (Å²) in [7, 11) is 4.18. The summed E-state index contributed by atoms with van der Waals surface area (Å²) in [6.45, 7) is 22.7. The Morgan fingerprint density at radius 3 is 1.25 bits per heavy atom. The zero-order valence-electron chi connectivity index (χ0n) is 46.5. The molecule has 0 aliphatic carbocycles. The molecule has 3 unspecified atom stereocenters. The predicted molar refractivity (Wildman–Crippen MR) is 287 cm³/mol. The lowest BCUT2D eigenvalue weighted by Gasteiger charge is -2.21. The molecule has 0 aromatic carbocycles. The van der Waals surface area contributed by atoms with E-state index in [9.17, 15) is 14.4 Å². The second-order valence-corrected chi connectivity index (χ2v) is 22.4. The molecule has 0 rings (SSSR count). The van der Waals surface area contributed by atoms with Crippen LogP contribution in [-0.2, 0) is 28.6 Å². The Bertz CT molecular complexity index is 1110. The number of esters is 3. The lowest BCUT2D eigenvalue weighted by molar-refractivity contribution is -0.150. The molecule has 67 heavy (non-hydrogen) atoms. The Morgan fingerprint density at radius 2 is 0.791 bits per heavy atom. The van der Waals surface area contributed by atoms with Crippen molar-refractivity contribution in [1.82, 2.24) is 10.2 Å². The fourth-order valence-electron chi connectivity index (χ4n) is 9.46. The summed E-state index contributed by atoms with van der Waals surface area (Å²) in [6, 6.07) is 0. The van der Waals surface area contributed by atoms with Gasteiger partial charge in [0, 0.05) is 19.3 Å². The molecule has 8 heteroatoms. The van der Waals surface area contributed by atoms with Gasteiger partial charge in [-0.05, 0) is 159 Å². The molecule has 0 amide bonds. The Hall–Kier alpha value is -1.67. The van der Waals surface area contributed by atoms with Crippen molar-refractivity contribution in [2.24, 2.45) is 35.5 Å². The van der Waals surface area contributed by atoms with Gasteiger partial charge in [0.1, 0.15) is 6.10 Å². The maximum Gasteiger partial charge on any atom is 0.306 e. The molecule has 0 heterocycles. The summed E-state index contributed by atoms with van der Waals surface area (Å²) in [5, 5.41) is 3.22. The summed E-state index contributed by atoms with van der Waals surface area (Å²) in [5.74, 6) is 4.32. The van der Waals surface area contributed by atoms with Gasteiger partial charge < -0.3 is 24.4 Å². The van der Waals surface area contributed by atoms with Gasteiger partial charge in [0.15, 0.2) is 0 Å². The van der Waals surface area contributed by atoms with Gasteiger partial charge in [-0.25, -0.2) is 0 Å². The van der Waals surface area contributed by atoms with E-state index < -0.39 is 0 Å². The largest absolute Gasteiger partial charge is 0.466 e. The average Bonchev–Trinajstić information content (AvgIpc) is 3.27. The zero-order valence-corrected chi connectivity index (χ0v) is 46.5. The van der Waals surface area contributed by atoms with Crippen LogP contribution in [0.3, 0.4) is 0 Å². The number of nitrogens with zero attached hydrogens (tertiary/aromatic N) is 1. The van der Waals surface area contributed by atoms with E-state index in [4.69, 9.17) is 14.2 Å². The van der Waals surface area contributed by atoms with Gasteiger partial charge in [-0.2, -0.15) is 0 Å². The van der Waals surface area contributed by atoms with Crippen molar-refractivity contribution in [2.75, 3.05) is 46.9 Å². The number of rotatable bonds is 50. The van der Waals surface area contributed by atoms with Crippen LogP contribution in [0.1, 0.15) is 274 Å². The number of nitrogens with one attached hydrogen (secondary N) is 1. The van der Waals surface area contributed by atoms with E-state index in [0.717, 1.165) is 121 Å². The van der Waals surface area contributed by atoms with Crippen molar-refractivity contribution in [3.8, 4) is 0 Å². The van der Waals surface area contributed by atoms with E-state index in [0.29, 0.717) is 50.2 Å². The third-order valence-electron chi connectivity index (χ3n) is 14.3. The minimum absolute atomic E-state index is 0.0194. The zero-order chi connectivity index (χ0) is 49.8. The second kappa shape index (κ2) is 46.7. The first-order valence-corrected chi connectivity index (χ1v) is 29.1. The van der Waals surface area contributed by atoms with Crippen molar-refractivity contribution in [2.45, 2.75) is 280 Å². The first kappa shape index (κ1) is 65.3. The number of ether oxygens (including phenoxy) is 3. The monoisotopic (exact) mass is 949 g/mol. The maximum atomic E-state index is 13.0. The van der Waals surface area contributed by atoms with E-state index >= 15 is 0 Å². The Kier molecular flexibility index (Phi) is 45.5. The third-order valence-corrected chi connectivity index (χ3v) is 14.3. The van der Waals surface area contributed by atoms with Gasteiger partial charge in [0.25, 0.3) is 0 Å². The van der Waals surface area contributed by atoms with E-state index in [1.807, 2.05) is 7.05 Å². The topological polar surface area (TPSA) is 94.2 Å². The molecule has 398 valence electrons. The summed E-state index contributed by atoms with van der Waals surface area (Å²) in [4.78, 5) is 39.9. The fraction of sp³-hybridized carbons (Fsp3) is 0.949. The molecular formula is C59H116N2O6. The van der Waals surface area contributed by atoms with Crippen LogP contribution >= 0.6 is 0 Å². The first-order chi connectivity index (χ1) is 32.2. The molecule has 0 saturated carbocycles. The summed E-state index contributed by atoms with van der Waals surface area (Å²) >= 11 is 0. The number of hydrogen-bond donors (Lipinski definition) is 1. The van der Waals surface area contributed by atoms with Crippen molar-refractivity contribution >= 4 is 17.9 Å². The van der Waals surface area contributed by atoms with Crippen molar-refractivity contribution in [1.29, 1.82) is 0 Å². The van der Waals surface area contributed by atoms with Crippen molar-refractivity contribution in [3.05, 3.63) is 0 Å². The molecule has 0 aliphatic heterocycles. The Labute approximate surface area is 417 Å². The molecule has 0 saturated heterocycles. The van der Waals surface area contributed by atoms with Crippen LogP contribution in [0.15, 0.2) is 0 Å². The lowest BCUT2D eigenvalue weighted by atomic mass is 9.85. The molecule has 1 N–H and O–H groups in total. The SMILES string of the molecule is CNCCCCCN(C)CCCC(=O)OC(CCCCCCCCCCOC(=O)CCCCC(CCC(C)C)C(C)C)CCCCCCCCCCOC(=O)CCCC(CCC(C)C)C(C)C. The number of carbonyl (C=O) groups is 3. The molecule has 0 aliphatic rings.